The highest BCUT2D eigenvalue weighted by Gasteiger charge is 2.07. The van der Waals surface area contributed by atoms with E-state index < -0.39 is 0 Å². The van der Waals surface area contributed by atoms with Gasteiger partial charge in [-0.25, -0.2) is 9.67 Å². The van der Waals surface area contributed by atoms with Crippen LogP contribution < -0.4 is 11.5 Å². The lowest BCUT2D eigenvalue weighted by Crippen LogP contribution is -2.02. The Balaban J connectivity index is 2.57. The summed E-state index contributed by atoms with van der Waals surface area (Å²) in [5.74, 6) is 0.468. The molecule has 2 heterocycles. The Morgan fingerprint density at radius 3 is 2.64 bits per heavy atom. The van der Waals surface area contributed by atoms with E-state index in [1.54, 1.807) is 24.0 Å². The number of nitrogens with zero attached hydrogens (tertiary/aromatic N) is 5. The molecule has 7 heteroatoms. The van der Waals surface area contributed by atoms with Crippen molar-refractivity contribution in [3.63, 3.8) is 0 Å². The van der Waals surface area contributed by atoms with Gasteiger partial charge in [-0.2, -0.15) is 4.98 Å². The highest BCUT2D eigenvalue weighted by atomic mass is 15.4. The first-order chi connectivity index (χ1) is 6.66. The van der Waals surface area contributed by atoms with Crippen molar-refractivity contribution < 1.29 is 0 Å². The number of nitrogens with two attached hydrogens (primary N) is 2. The van der Waals surface area contributed by atoms with Gasteiger partial charge in [0.25, 0.3) is 0 Å². The molecule has 0 aromatic carbocycles. The fourth-order valence-electron chi connectivity index (χ4n) is 1.14. The van der Waals surface area contributed by atoms with Crippen molar-refractivity contribution in [2.24, 2.45) is 7.05 Å². The van der Waals surface area contributed by atoms with E-state index in [0.717, 1.165) is 5.69 Å². The maximum Gasteiger partial charge on any atom is 0.222 e. The SMILES string of the molecule is Cn1nncc1-c1cc(N)nc(N)n1. The van der Waals surface area contributed by atoms with Crippen molar-refractivity contribution in [1.82, 2.24) is 25.0 Å². The topological polar surface area (TPSA) is 109 Å². The van der Waals surface area contributed by atoms with Gasteiger partial charge in [-0.3, -0.25) is 0 Å². The first-order valence-electron chi connectivity index (χ1n) is 3.92. The number of aromatic nitrogens is 5. The van der Waals surface area contributed by atoms with Gasteiger partial charge in [0.05, 0.1) is 11.9 Å². The summed E-state index contributed by atoms with van der Waals surface area (Å²) in [5.41, 5.74) is 12.4. The smallest absolute Gasteiger partial charge is 0.222 e. The molecule has 0 bridgehead atoms. The fraction of sp³-hybridized carbons (Fsp3) is 0.143. The molecule has 0 aliphatic rings. The van der Waals surface area contributed by atoms with Gasteiger partial charge in [0.15, 0.2) is 0 Å². The molecular formula is C7H9N7. The fourth-order valence-corrected chi connectivity index (χ4v) is 1.14. The van der Waals surface area contributed by atoms with E-state index in [-0.39, 0.29) is 5.95 Å². The van der Waals surface area contributed by atoms with Gasteiger partial charge in [0.1, 0.15) is 11.5 Å². The van der Waals surface area contributed by atoms with Crippen molar-refractivity contribution in [1.29, 1.82) is 0 Å². The van der Waals surface area contributed by atoms with Gasteiger partial charge in [-0.15, -0.1) is 5.10 Å². The Morgan fingerprint density at radius 2 is 2.07 bits per heavy atom. The van der Waals surface area contributed by atoms with Crippen LogP contribution in [0.2, 0.25) is 0 Å². The van der Waals surface area contributed by atoms with Crippen molar-refractivity contribution in [2.75, 3.05) is 11.5 Å². The monoisotopic (exact) mass is 191 g/mol. The normalized spacial score (nSPS) is 10.4. The Bertz CT molecular complexity index is 441. The second-order valence-corrected chi connectivity index (χ2v) is 2.78. The number of nitrogen functional groups attached to an aromatic ring is 2. The van der Waals surface area contributed by atoms with Crippen LogP contribution in [-0.4, -0.2) is 25.0 Å². The van der Waals surface area contributed by atoms with Crippen molar-refractivity contribution in [3.05, 3.63) is 12.3 Å². The van der Waals surface area contributed by atoms with Crippen molar-refractivity contribution in [3.8, 4) is 11.4 Å². The lowest BCUT2D eigenvalue weighted by Gasteiger charge is -2.01. The van der Waals surface area contributed by atoms with Crippen molar-refractivity contribution >= 4 is 11.8 Å². The van der Waals surface area contributed by atoms with Gasteiger partial charge in [-0.05, 0) is 0 Å². The summed E-state index contributed by atoms with van der Waals surface area (Å²) in [4.78, 5) is 7.79. The zero-order valence-electron chi connectivity index (χ0n) is 7.55. The Morgan fingerprint density at radius 1 is 1.29 bits per heavy atom. The summed E-state index contributed by atoms with van der Waals surface area (Å²) in [6.07, 6.45) is 1.58. The van der Waals surface area contributed by atoms with E-state index in [1.165, 1.54) is 0 Å². The van der Waals surface area contributed by atoms with Crippen molar-refractivity contribution in [2.45, 2.75) is 0 Å². The summed E-state index contributed by atoms with van der Waals surface area (Å²) in [7, 11) is 1.76. The van der Waals surface area contributed by atoms with Crippen LogP contribution in [0.5, 0.6) is 0 Å². The Kier molecular flexibility index (Phi) is 1.77. The Hall–Kier alpha value is -2.18. The lowest BCUT2D eigenvalue weighted by molar-refractivity contribution is 0.719. The first-order valence-corrected chi connectivity index (χ1v) is 3.92. The molecule has 7 nitrogen and oxygen atoms in total. The maximum atomic E-state index is 5.53. The number of rotatable bonds is 1. The summed E-state index contributed by atoms with van der Waals surface area (Å²) >= 11 is 0. The molecule has 2 aromatic heterocycles. The summed E-state index contributed by atoms with van der Waals surface area (Å²) in [6.45, 7) is 0. The van der Waals surface area contributed by atoms with E-state index >= 15 is 0 Å². The second-order valence-electron chi connectivity index (χ2n) is 2.78. The number of aryl methyl sites for hydroxylation is 1. The predicted molar refractivity (Wildman–Crippen MR) is 50.9 cm³/mol. The minimum atomic E-state index is 0.140. The molecule has 14 heavy (non-hydrogen) atoms. The molecule has 0 amide bonds. The molecule has 0 fully saturated rings. The van der Waals surface area contributed by atoms with E-state index in [4.69, 9.17) is 11.5 Å². The highest BCUT2D eigenvalue weighted by molar-refractivity contribution is 5.58. The van der Waals surface area contributed by atoms with Gasteiger partial charge in [0, 0.05) is 13.1 Å². The zero-order chi connectivity index (χ0) is 10.1. The number of hydrogen-bond donors (Lipinski definition) is 2. The Labute approximate surface area is 79.8 Å². The lowest BCUT2D eigenvalue weighted by atomic mass is 10.3. The van der Waals surface area contributed by atoms with Gasteiger partial charge in [-0.1, -0.05) is 5.21 Å². The standard InChI is InChI=1S/C7H9N7/c1-14-5(3-10-13-14)4-2-6(8)12-7(9)11-4/h2-3H,1H3,(H4,8,9,11,12). The molecule has 0 saturated heterocycles. The van der Waals surface area contributed by atoms with E-state index in [0.29, 0.717) is 11.5 Å². The molecule has 0 atom stereocenters. The van der Waals surface area contributed by atoms with E-state index in [1.807, 2.05) is 0 Å². The van der Waals surface area contributed by atoms with Crippen LogP contribution in [-0.2, 0) is 7.05 Å². The molecule has 72 valence electrons. The van der Waals surface area contributed by atoms with Crippen LogP contribution in [0.1, 0.15) is 0 Å². The molecule has 0 unspecified atom stereocenters. The average molecular weight is 191 g/mol. The molecule has 0 saturated carbocycles. The number of hydrogen-bond acceptors (Lipinski definition) is 6. The minimum absolute atomic E-state index is 0.140. The van der Waals surface area contributed by atoms with Crippen LogP contribution in [0.15, 0.2) is 12.3 Å². The van der Waals surface area contributed by atoms with Crippen LogP contribution in [0.25, 0.3) is 11.4 Å². The van der Waals surface area contributed by atoms with Gasteiger partial charge in [0.2, 0.25) is 5.95 Å². The quantitative estimate of drug-likeness (QED) is 0.625. The van der Waals surface area contributed by atoms with Crippen LogP contribution in [0, 0.1) is 0 Å². The van der Waals surface area contributed by atoms with Crippen LogP contribution in [0.4, 0.5) is 11.8 Å². The summed E-state index contributed by atoms with van der Waals surface area (Å²) in [5, 5.41) is 7.51. The average Bonchev–Trinajstić information content (AvgIpc) is 2.49. The van der Waals surface area contributed by atoms with E-state index in [9.17, 15) is 0 Å². The third kappa shape index (κ3) is 1.35. The number of anilines is 2. The molecule has 0 aliphatic heterocycles. The second kappa shape index (κ2) is 2.95. The summed E-state index contributed by atoms with van der Waals surface area (Å²) < 4.78 is 1.58. The van der Waals surface area contributed by atoms with Crippen LogP contribution >= 0.6 is 0 Å². The predicted octanol–water partition coefficient (Wildman–Crippen LogP) is -0.564. The van der Waals surface area contributed by atoms with Gasteiger partial charge < -0.3 is 11.5 Å². The molecule has 4 N–H and O–H groups in total. The first kappa shape index (κ1) is 8.42. The molecule has 2 rings (SSSR count). The highest BCUT2D eigenvalue weighted by Crippen LogP contribution is 2.16. The molecule has 0 radical (unpaired) electrons. The molecule has 0 spiro atoms. The third-order valence-corrected chi connectivity index (χ3v) is 1.74. The van der Waals surface area contributed by atoms with Crippen LogP contribution in [0.3, 0.4) is 0 Å². The minimum Gasteiger partial charge on any atom is -0.384 e. The molecule has 0 aliphatic carbocycles. The van der Waals surface area contributed by atoms with E-state index in [2.05, 4.69) is 20.3 Å². The largest absolute Gasteiger partial charge is 0.384 e. The molecular weight excluding hydrogens is 182 g/mol. The third-order valence-electron chi connectivity index (χ3n) is 1.74. The maximum absolute atomic E-state index is 5.53. The summed E-state index contributed by atoms with van der Waals surface area (Å²) in [6, 6.07) is 1.62. The molecule has 2 aromatic rings. The zero-order valence-corrected chi connectivity index (χ0v) is 7.55. The van der Waals surface area contributed by atoms with Gasteiger partial charge >= 0.3 is 0 Å².